The van der Waals surface area contributed by atoms with Crippen LogP contribution >= 0.6 is 0 Å². The fraction of sp³-hybridized carbons (Fsp3) is 0.150. The van der Waals surface area contributed by atoms with Crippen LogP contribution in [0.3, 0.4) is 0 Å². The van der Waals surface area contributed by atoms with Gasteiger partial charge in [0, 0.05) is 12.1 Å². The molecule has 4 nitrogen and oxygen atoms in total. The number of carbonyl (C=O) groups excluding carboxylic acids is 1. The summed E-state index contributed by atoms with van der Waals surface area (Å²) in [7, 11) is 0. The van der Waals surface area contributed by atoms with Crippen molar-refractivity contribution < 1.29 is 4.79 Å². The van der Waals surface area contributed by atoms with Gasteiger partial charge in [-0.2, -0.15) is 5.10 Å². The number of para-hydroxylation sites is 1. The van der Waals surface area contributed by atoms with E-state index in [2.05, 4.69) is 16.8 Å². The van der Waals surface area contributed by atoms with Gasteiger partial charge in [-0.15, -0.1) is 11.7 Å². The SMILES string of the molecule is C=CCN1C(=O)/C(=N\N=C(\C)c2ccc(C)cc2)c2ccccc21. The molecule has 0 spiro atoms. The van der Waals surface area contributed by atoms with Gasteiger partial charge in [-0.1, -0.05) is 54.1 Å². The number of carbonyl (C=O) groups is 1. The largest absolute Gasteiger partial charge is 0.302 e. The third kappa shape index (κ3) is 2.91. The van der Waals surface area contributed by atoms with E-state index in [1.807, 2.05) is 62.4 Å². The Bertz CT molecular complexity index is 847. The number of amides is 1. The Kier molecular flexibility index (Phi) is 4.38. The molecule has 0 aromatic heterocycles. The Morgan fingerprint density at radius 1 is 1.17 bits per heavy atom. The summed E-state index contributed by atoms with van der Waals surface area (Å²) in [6.07, 6.45) is 1.71. The number of rotatable bonds is 4. The van der Waals surface area contributed by atoms with Gasteiger partial charge in [-0.05, 0) is 25.5 Å². The summed E-state index contributed by atoms with van der Waals surface area (Å²) in [5, 5.41) is 8.54. The molecule has 1 aliphatic rings. The Hall–Kier alpha value is -3.01. The van der Waals surface area contributed by atoms with E-state index in [0.29, 0.717) is 12.3 Å². The molecule has 2 aromatic rings. The normalized spacial score (nSPS) is 15.8. The monoisotopic (exact) mass is 317 g/mol. The molecule has 0 saturated carbocycles. The molecule has 3 rings (SSSR count). The van der Waals surface area contributed by atoms with Crippen LogP contribution in [-0.2, 0) is 4.79 Å². The molecular formula is C20H19N3O. The Balaban J connectivity index is 1.97. The maximum Gasteiger partial charge on any atom is 0.279 e. The molecule has 2 aromatic carbocycles. The molecule has 24 heavy (non-hydrogen) atoms. The number of hydrogen-bond acceptors (Lipinski definition) is 3. The standard InChI is InChI=1S/C20H19N3O/c1-4-13-23-18-8-6-5-7-17(18)19(20(23)24)22-21-15(3)16-11-9-14(2)10-12-16/h4-12H,1,13H2,2-3H3/b21-15-,22-19-. The summed E-state index contributed by atoms with van der Waals surface area (Å²) in [5.74, 6) is -0.142. The summed E-state index contributed by atoms with van der Waals surface area (Å²) < 4.78 is 0. The van der Waals surface area contributed by atoms with Gasteiger partial charge >= 0.3 is 0 Å². The van der Waals surface area contributed by atoms with E-state index in [-0.39, 0.29) is 5.91 Å². The molecule has 1 amide bonds. The highest BCUT2D eigenvalue weighted by Crippen LogP contribution is 2.29. The minimum absolute atomic E-state index is 0.142. The van der Waals surface area contributed by atoms with E-state index in [0.717, 1.165) is 22.5 Å². The van der Waals surface area contributed by atoms with Crippen LogP contribution in [0.15, 0.2) is 71.4 Å². The number of hydrogen-bond donors (Lipinski definition) is 0. The lowest BCUT2D eigenvalue weighted by molar-refractivity contribution is -0.112. The van der Waals surface area contributed by atoms with Gasteiger partial charge in [-0.25, -0.2) is 0 Å². The van der Waals surface area contributed by atoms with Crippen LogP contribution < -0.4 is 4.90 Å². The van der Waals surface area contributed by atoms with Crippen molar-refractivity contribution in [2.75, 3.05) is 11.4 Å². The zero-order valence-corrected chi connectivity index (χ0v) is 13.9. The van der Waals surface area contributed by atoms with Gasteiger partial charge in [0.25, 0.3) is 5.91 Å². The molecule has 0 bridgehead atoms. The number of benzene rings is 2. The van der Waals surface area contributed by atoms with E-state index in [4.69, 9.17) is 0 Å². The van der Waals surface area contributed by atoms with Crippen molar-refractivity contribution in [1.82, 2.24) is 0 Å². The van der Waals surface area contributed by atoms with E-state index in [9.17, 15) is 4.79 Å². The zero-order chi connectivity index (χ0) is 17.1. The second-order valence-electron chi connectivity index (χ2n) is 5.72. The highest BCUT2D eigenvalue weighted by atomic mass is 16.2. The van der Waals surface area contributed by atoms with Gasteiger partial charge in [0.2, 0.25) is 0 Å². The number of fused-ring (bicyclic) bond motifs is 1. The number of anilines is 1. The van der Waals surface area contributed by atoms with E-state index >= 15 is 0 Å². The average Bonchev–Trinajstić information content (AvgIpc) is 2.86. The Morgan fingerprint density at radius 3 is 2.58 bits per heavy atom. The minimum Gasteiger partial charge on any atom is -0.302 e. The van der Waals surface area contributed by atoms with E-state index < -0.39 is 0 Å². The lowest BCUT2D eigenvalue weighted by Crippen LogP contribution is -2.30. The molecule has 0 atom stereocenters. The van der Waals surface area contributed by atoms with Crippen LogP contribution in [-0.4, -0.2) is 23.9 Å². The molecule has 0 radical (unpaired) electrons. The first kappa shape index (κ1) is 15.9. The van der Waals surface area contributed by atoms with Crippen molar-refractivity contribution in [3.05, 3.63) is 77.9 Å². The average molecular weight is 317 g/mol. The predicted molar refractivity (Wildman–Crippen MR) is 98.9 cm³/mol. The molecule has 0 unspecified atom stereocenters. The maximum absolute atomic E-state index is 12.6. The molecular weight excluding hydrogens is 298 g/mol. The molecule has 4 heteroatoms. The van der Waals surface area contributed by atoms with Crippen LogP contribution in [0, 0.1) is 6.92 Å². The topological polar surface area (TPSA) is 45.0 Å². The molecule has 0 aliphatic carbocycles. The Labute approximate surface area is 141 Å². The number of aryl methyl sites for hydroxylation is 1. The summed E-state index contributed by atoms with van der Waals surface area (Å²) in [6, 6.07) is 15.7. The summed E-state index contributed by atoms with van der Waals surface area (Å²) in [5.41, 5.74) is 4.99. The summed E-state index contributed by atoms with van der Waals surface area (Å²) >= 11 is 0. The van der Waals surface area contributed by atoms with E-state index in [1.165, 1.54) is 5.56 Å². The van der Waals surface area contributed by atoms with E-state index in [1.54, 1.807) is 11.0 Å². The van der Waals surface area contributed by atoms with Crippen LogP contribution in [0.1, 0.15) is 23.6 Å². The Morgan fingerprint density at radius 2 is 1.88 bits per heavy atom. The lowest BCUT2D eigenvalue weighted by Gasteiger charge is -2.13. The number of nitrogens with zero attached hydrogens (tertiary/aromatic N) is 3. The van der Waals surface area contributed by atoms with Gasteiger partial charge in [0.15, 0.2) is 5.71 Å². The second kappa shape index (κ2) is 6.62. The third-order valence-electron chi connectivity index (χ3n) is 3.98. The maximum atomic E-state index is 12.6. The highest BCUT2D eigenvalue weighted by molar-refractivity contribution is 6.54. The molecule has 1 heterocycles. The van der Waals surface area contributed by atoms with Crippen molar-refractivity contribution in [3.8, 4) is 0 Å². The molecule has 1 aliphatic heterocycles. The predicted octanol–water partition coefficient (Wildman–Crippen LogP) is 3.74. The van der Waals surface area contributed by atoms with Crippen molar-refractivity contribution in [2.24, 2.45) is 10.2 Å². The third-order valence-corrected chi connectivity index (χ3v) is 3.98. The summed E-state index contributed by atoms with van der Waals surface area (Å²) in [6.45, 7) is 8.10. The van der Waals surface area contributed by atoms with Crippen molar-refractivity contribution >= 4 is 23.0 Å². The molecule has 0 N–H and O–H groups in total. The second-order valence-corrected chi connectivity index (χ2v) is 5.72. The highest BCUT2D eigenvalue weighted by Gasteiger charge is 2.33. The van der Waals surface area contributed by atoms with Crippen molar-refractivity contribution in [3.63, 3.8) is 0 Å². The van der Waals surface area contributed by atoms with Crippen molar-refractivity contribution in [2.45, 2.75) is 13.8 Å². The first-order valence-electron chi connectivity index (χ1n) is 7.83. The van der Waals surface area contributed by atoms with Crippen LogP contribution in [0.2, 0.25) is 0 Å². The first-order chi connectivity index (χ1) is 11.6. The smallest absolute Gasteiger partial charge is 0.279 e. The molecule has 0 saturated heterocycles. The lowest BCUT2D eigenvalue weighted by atomic mass is 10.1. The zero-order valence-electron chi connectivity index (χ0n) is 13.9. The quantitative estimate of drug-likeness (QED) is 0.481. The van der Waals surface area contributed by atoms with Gasteiger partial charge in [0.1, 0.15) is 0 Å². The van der Waals surface area contributed by atoms with Crippen LogP contribution in [0.4, 0.5) is 5.69 Å². The molecule has 120 valence electrons. The first-order valence-corrected chi connectivity index (χ1v) is 7.83. The fourth-order valence-corrected chi connectivity index (χ4v) is 2.65. The van der Waals surface area contributed by atoms with Gasteiger partial charge < -0.3 is 4.90 Å². The molecule has 0 fully saturated rings. The minimum atomic E-state index is -0.142. The fourth-order valence-electron chi connectivity index (χ4n) is 2.65. The summed E-state index contributed by atoms with van der Waals surface area (Å²) in [4.78, 5) is 14.3. The van der Waals surface area contributed by atoms with Crippen molar-refractivity contribution in [1.29, 1.82) is 0 Å². The van der Waals surface area contributed by atoms with Crippen LogP contribution in [0.5, 0.6) is 0 Å². The van der Waals surface area contributed by atoms with Gasteiger partial charge in [-0.3, -0.25) is 4.79 Å². The van der Waals surface area contributed by atoms with Gasteiger partial charge in [0.05, 0.1) is 11.4 Å². The van der Waals surface area contributed by atoms with Crippen LogP contribution in [0.25, 0.3) is 0 Å².